The first-order chi connectivity index (χ1) is 17.6. The van der Waals surface area contributed by atoms with Gasteiger partial charge in [-0.2, -0.15) is 10.5 Å². The van der Waals surface area contributed by atoms with Crippen LogP contribution in [0.25, 0.3) is 0 Å². The van der Waals surface area contributed by atoms with Gasteiger partial charge in [0.1, 0.15) is 29.3 Å². The minimum atomic E-state index is -0.499. The molecule has 4 rings (SSSR count). The fraction of sp³-hybridized carbons (Fsp3) is 0.310. The normalized spacial score (nSPS) is 17.9. The molecule has 184 valence electrons. The maximum Gasteiger partial charge on any atom is 0.125 e. The van der Waals surface area contributed by atoms with Crippen LogP contribution >= 0.6 is 0 Å². The third-order valence-electron chi connectivity index (χ3n) is 6.65. The van der Waals surface area contributed by atoms with Crippen LogP contribution in [0.4, 0.5) is 0 Å². The first-order valence-electron chi connectivity index (χ1n) is 11.9. The van der Waals surface area contributed by atoms with E-state index in [2.05, 4.69) is 21.9 Å². The molecular weight excluding hydrogens is 452 g/mol. The Morgan fingerprint density at radius 1 is 0.639 bits per heavy atom. The monoisotopic (exact) mass is 482 g/mol. The maximum absolute atomic E-state index is 10.3. The standard InChI is InChI=1S/C29H30N4O3/c1-34-24-11-5-21(6-12-24)27(19-30)32-17-4-18-33(29(32)23-9-15-26(36-3)16-10-23)28(20-31)22-7-13-25(35-2)14-8-22/h5-16,27-29H,4,17-18H2,1-3H3. The highest BCUT2D eigenvalue weighted by atomic mass is 16.5. The van der Waals surface area contributed by atoms with Crippen molar-refractivity contribution in [1.82, 2.24) is 9.80 Å². The van der Waals surface area contributed by atoms with Crippen molar-refractivity contribution in [1.29, 1.82) is 10.5 Å². The van der Waals surface area contributed by atoms with E-state index in [1.54, 1.807) is 21.3 Å². The van der Waals surface area contributed by atoms with E-state index in [0.29, 0.717) is 0 Å². The van der Waals surface area contributed by atoms with Crippen molar-refractivity contribution in [2.75, 3.05) is 34.4 Å². The molecule has 7 heteroatoms. The third-order valence-corrected chi connectivity index (χ3v) is 6.65. The molecule has 2 atom stereocenters. The van der Waals surface area contributed by atoms with E-state index in [-0.39, 0.29) is 6.17 Å². The van der Waals surface area contributed by atoms with Gasteiger partial charge in [-0.1, -0.05) is 36.4 Å². The molecule has 1 heterocycles. The summed E-state index contributed by atoms with van der Waals surface area (Å²) in [5.74, 6) is 2.24. The van der Waals surface area contributed by atoms with Crippen LogP contribution in [0, 0.1) is 22.7 Å². The molecule has 1 aliphatic rings. The molecule has 0 spiro atoms. The smallest absolute Gasteiger partial charge is 0.125 e. The van der Waals surface area contributed by atoms with E-state index in [0.717, 1.165) is 53.4 Å². The second-order valence-corrected chi connectivity index (χ2v) is 8.59. The lowest BCUT2D eigenvalue weighted by Gasteiger charge is -2.47. The van der Waals surface area contributed by atoms with Gasteiger partial charge in [-0.15, -0.1) is 0 Å². The molecule has 3 aromatic carbocycles. The van der Waals surface area contributed by atoms with E-state index in [4.69, 9.17) is 14.2 Å². The first kappa shape index (κ1) is 25.1. The lowest BCUT2D eigenvalue weighted by molar-refractivity contribution is -0.0287. The molecule has 0 N–H and O–H groups in total. The van der Waals surface area contributed by atoms with Crippen molar-refractivity contribution >= 4 is 0 Å². The second kappa shape index (κ2) is 11.6. The van der Waals surface area contributed by atoms with E-state index >= 15 is 0 Å². The predicted octanol–water partition coefficient (Wildman–Crippen LogP) is 5.25. The number of nitriles is 2. The first-order valence-corrected chi connectivity index (χ1v) is 11.9. The Balaban J connectivity index is 1.77. The summed E-state index contributed by atoms with van der Waals surface area (Å²) in [6.07, 6.45) is 0.540. The molecule has 3 aromatic rings. The van der Waals surface area contributed by atoms with E-state index in [1.807, 2.05) is 72.8 Å². The van der Waals surface area contributed by atoms with Crippen molar-refractivity contribution in [2.24, 2.45) is 0 Å². The minimum Gasteiger partial charge on any atom is -0.497 e. The fourth-order valence-electron chi connectivity index (χ4n) is 4.82. The van der Waals surface area contributed by atoms with E-state index < -0.39 is 12.1 Å². The number of methoxy groups -OCH3 is 3. The van der Waals surface area contributed by atoms with E-state index in [1.165, 1.54) is 0 Å². The summed E-state index contributed by atoms with van der Waals surface area (Å²) in [6, 6.07) is 27.1. The van der Waals surface area contributed by atoms with Crippen molar-refractivity contribution in [3.63, 3.8) is 0 Å². The van der Waals surface area contributed by atoms with Crippen LogP contribution < -0.4 is 14.2 Å². The second-order valence-electron chi connectivity index (χ2n) is 8.59. The quantitative estimate of drug-likeness (QED) is 0.434. The third kappa shape index (κ3) is 5.13. The Kier molecular flexibility index (Phi) is 8.07. The summed E-state index contributed by atoms with van der Waals surface area (Å²) in [5.41, 5.74) is 2.77. The van der Waals surface area contributed by atoms with Crippen molar-refractivity contribution in [3.05, 3.63) is 89.5 Å². The van der Waals surface area contributed by atoms with Gasteiger partial charge in [-0.25, -0.2) is 0 Å². The average molecular weight is 483 g/mol. The van der Waals surface area contributed by atoms with Crippen LogP contribution in [0.1, 0.15) is 41.4 Å². The van der Waals surface area contributed by atoms with Crippen LogP contribution in [0.3, 0.4) is 0 Å². The van der Waals surface area contributed by atoms with Gasteiger partial charge in [0.2, 0.25) is 0 Å². The van der Waals surface area contributed by atoms with Gasteiger partial charge < -0.3 is 14.2 Å². The maximum atomic E-state index is 10.3. The minimum absolute atomic E-state index is 0.289. The van der Waals surface area contributed by atoms with Gasteiger partial charge in [0.25, 0.3) is 0 Å². The number of hydrogen-bond donors (Lipinski definition) is 0. The van der Waals surface area contributed by atoms with Crippen LogP contribution in [0.5, 0.6) is 17.2 Å². The molecule has 0 radical (unpaired) electrons. The van der Waals surface area contributed by atoms with Gasteiger partial charge >= 0.3 is 0 Å². The molecule has 1 saturated heterocycles. The highest BCUT2D eigenvalue weighted by Crippen LogP contribution is 2.41. The number of nitrogens with zero attached hydrogens (tertiary/aromatic N) is 4. The van der Waals surface area contributed by atoms with E-state index in [9.17, 15) is 10.5 Å². The molecular formula is C29H30N4O3. The molecule has 1 fully saturated rings. The zero-order valence-corrected chi connectivity index (χ0v) is 20.8. The lowest BCUT2D eigenvalue weighted by atomic mass is 9.97. The van der Waals surface area contributed by atoms with Gasteiger partial charge in [0, 0.05) is 13.1 Å². The summed E-state index contributed by atoms with van der Waals surface area (Å²) in [7, 11) is 4.89. The van der Waals surface area contributed by atoms with Crippen LogP contribution in [-0.2, 0) is 0 Å². The highest BCUT2D eigenvalue weighted by Gasteiger charge is 2.39. The molecule has 7 nitrogen and oxygen atoms in total. The molecule has 0 saturated carbocycles. The van der Waals surface area contributed by atoms with Gasteiger partial charge in [0.15, 0.2) is 0 Å². The summed E-state index contributed by atoms with van der Waals surface area (Å²) in [4.78, 5) is 4.36. The Hall–Kier alpha value is -4.04. The number of benzene rings is 3. The Labute approximate surface area is 212 Å². The molecule has 0 aliphatic carbocycles. The Morgan fingerprint density at radius 2 is 1.00 bits per heavy atom. The van der Waals surface area contributed by atoms with Crippen LogP contribution in [0.15, 0.2) is 72.8 Å². The Bertz CT molecular complexity index is 1140. The molecule has 1 aliphatic heterocycles. The zero-order valence-electron chi connectivity index (χ0n) is 20.8. The SMILES string of the molecule is COc1ccc(C(C#N)N2CCCN(C(C#N)c3ccc(OC)cc3)C2c2ccc(OC)cc2)cc1. The van der Waals surface area contributed by atoms with Crippen molar-refractivity contribution < 1.29 is 14.2 Å². The van der Waals surface area contributed by atoms with Gasteiger partial charge in [0.05, 0.1) is 39.6 Å². The number of hydrogen-bond acceptors (Lipinski definition) is 7. The summed E-state index contributed by atoms with van der Waals surface area (Å²) in [6.45, 7) is 1.44. The predicted molar refractivity (Wildman–Crippen MR) is 136 cm³/mol. The van der Waals surface area contributed by atoms with Crippen LogP contribution in [-0.4, -0.2) is 44.2 Å². The topological polar surface area (TPSA) is 81.8 Å². The molecule has 36 heavy (non-hydrogen) atoms. The highest BCUT2D eigenvalue weighted by molar-refractivity contribution is 5.36. The van der Waals surface area contributed by atoms with Crippen LogP contribution in [0.2, 0.25) is 0 Å². The van der Waals surface area contributed by atoms with Crippen molar-refractivity contribution in [3.8, 4) is 29.4 Å². The molecule has 2 unspecified atom stereocenters. The largest absolute Gasteiger partial charge is 0.497 e. The summed E-state index contributed by atoms with van der Waals surface area (Å²) in [5, 5.41) is 20.6. The average Bonchev–Trinajstić information content (AvgIpc) is 2.95. The number of rotatable bonds is 8. The molecule has 0 amide bonds. The summed E-state index contributed by atoms with van der Waals surface area (Å²) >= 11 is 0. The zero-order chi connectivity index (χ0) is 25.5. The fourth-order valence-corrected chi connectivity index (χ4v) is 4.82. The number of ether oxygens (including phenoxy) is 3. The van der Waals surface area contributed by atoms with Crippen molar-refractivity contribution in [2.45, 2.75) is 24.7 Å². The van der Waals surface area contributed by atoms with Gasteiger partial charge in [-0.3, -0.25) is 9.80 Å². The van der Waals surface area contributed by atoms with Gasteiger partial charge in [-0.05, 0) is 59.5 Å². The molecule has 0 aromatic heterocycles. The Morgan fingerprint density at radius 3 is 1.33 bits per heavy atom. The summed E-state index contributed by atoms with van der Waals surface area (Å²) < 4.78 is 16.0. The lowest BCUT2D eigenvalue weighted by Crippen LogP contribution is -2.49. The molecule has 0 bridgehead atoms.